The Balaban J connectivity index is 2.11. The molecule has 16 heavy (non-hydrogen) atoms. The van der Waals surface area contributed by atoms with Crippen LogP contribution in [0, 0.1) is 5.92 Å². The zero-order chi connectivity index (χ0) is 11.4. The van der Waals surface area contributed by atoms with Gasteiger partial charge in [0.05, 0.1) is 4.87 Å². The predicted molar refractivity (Wildman–Crippen MR) is 71.0 cm³/mol. The van der Waals surface area contributed by atoms with Gasteiger partial charge in [-0.15, -0.1) is 11.6 Å². The number of hydrogen-bond donors (Lipinski definition) is 0. The molecule has 0 aromatic heterocycles. The van der Waals surface area contributed by atoms with Crippen LogP contribution in [0.1, 0.15) is 44.6 Å². The van der Waals surface area contributed by atoms with E-state index in [1.807, 2.05) is 0 Å². The van der Waals surface area contributed by atoms with Gasteiger partial charge in [-0.3, -0.25) is 0 Å². The summed E-state index contributed by atoms with van der Waals surface area (Å²) in [6.45, 7) is 2.28. The Morgan fingerprint density at radius 2 is 2.00 bits per heavy atom. The van der Waals surface area contributed by atoms with Crippen LogP contribution < -0.4 is 0 Å². The summed E-state index contributed by atoms with van der Waals surface area (Å²) in [6, 6.07) is 10.7. The number of alkyl halides is 1. The normalized spacial score (nSPS) is 30.2. The molecule has 1 aromatic rings. The molecule has 1 aliphatic rings. The minimum atomic E-state index is 0.0222. The van der Waals surface area contributed by atoms with Crippen molar-refractivity contribution in [2.24, 2.45) is 5.92 Å². The first-order valence-corrected chi connectivity index (χ1v) is 6.85. The number of hydrogen-bond acceptors (Lipinski definition) is 0. The SMILES string of the molecule is CCC1CCCCC1(Cl)Cc1ccccc1. The van der Waals surface area contributed by atoms with Gasteiger partial charge in [0.15, 0.2) is 0 Å². The van der Waals surface area contributed by atoms with E-state index in [0.29, 0.717) is 5.92 Å². The molecule has 0 radical (unpaired) electrons. The Hall–Kier alpha value is -0.490. The highest BCUT2D eigenvalue weighted by atomic mass is 35.5. The molecule has 0 nitrogen and oxygen atoms in total. The van der Waals surface area contributed by atoms with E-state index in [0.717, 1.165) is 6.42 Å². The number of halogens is 1. The second-order valence-electron chi connectivity index (χ2n) is 5.05. The molecule has 0 aliphatic heterocycles. The average Bonchev–Trinajstić information content (AvgIpc) is 2.30. The first kappa shape index (κ1) is 12.0. The lowest BCUT2D eigenvalue weighted by molar-refractivity contribution is 0.256. The third kappa shape index (κ3) is 2.60. The van der Waals surface area contributed by atoms with Crippen LogP contribution >= 0.6 is 11.6 Å². The Kier molecular flexibility index (Phi) is 3.91. The van der Waals surface area contributed by atoms with Crippen molar-refractivity contribution in [1.29, 1.82) is 0 Å². The standard InChI is InChI=1S/C15H21Cl/c1-2-14-10-6-7-11-15(14,16)12-13-8-4-3-5-9-13/h3-5,8-9,14H,2,6-7,10-12H2,1H3. The van der Waals surface area contributed by atoms with Gasteiger partial charge in [0, 0.05) is 0 Å². The van der Waals surface area contributed by atoms with Crippen molar-refractivity contribution in [3.63, 3.8) is 0 Å². The summed E-state index contributed by atoms with van der Waals surface area (Å²) in [4.78, 5) is 0.0222. The molecule has 2 unspecified atom stereocenters. The summed E-state index contributed by atoms with van der Waals surface area (Å²) in [5, 5.41) is 0. The topological polar surface area (TPSA) is 0 Å². The minimum Gasteiger partial charge on any atom is -0.119 e. The van der Waals surface area contributed by atoms with Gasteiger partial charge in [-0.2, -0.15) is 0 Å². The van der Waals surface area contributed by atoms with E-state index in [1.165, 1.54) is 37.7 Å². The molecular weight excluding hydrogens is 216 g/mol. The zero-order valence-corrected chi connectivity index (χ0v) is 10.8. The fourth-order valence-corrected chi connectivity index (χ4v) is 3.56. The average molecular weight is 237 g/mol. The van der Waals surface area contributed by atoms with Crippen molar-refractivity contribution < 1.29 is 0 Å². The molecule has 1 saturated carbocycles. The lowest BCUT2D eigenvalue weighted by Crippen LogP contribution is -2.37. The van der Waals surface area contributed by atoms with Crippen LogP contribution in [0.25, 0.3) is 0 Å². The van der Waals surface area contributed by atoms with Crippen LogP contribution in [-0.2, 0) is 6.42 Å². The van der Waals surface area contributed by atoms with E-state index in [-0.39, 0.29) is 4.87 Å². The van der Waals surface area contributed by atoms with Gasteiger partial charge < -0.3 is 0 Å². The van der Waals surface area contributed by atoms with Crippen molar-refractivity contribution in [3.05, 3.63) is 35.9 Å². The molecule has 2 atom stereocenters. The van der Waals surface area contributed by atoms with Crippen LogP contribution in [0.5, 0.6) is 0 Å². The maximum atomic E-state index is 6.88. The van der Waals surface area contributed by atoms with Crippen molar-refractivity contribution in [2.75, 3.05) is 0 Å². The largest absolute Gasteiger partial charge is 0.119 e. The van der Waals surface area contributed by atoms with Crippen molar-refractivity contribution >= 4 is 11.6 Å². The maximum Gasteiger partial charge on any atom is 0.0515 e. The van der Waals surface area contributed by atoms with Gasteiger partial charge in [-0.1, -0.05) is 56.5 Å². The summed E-state index contributed by atoms with van der Waals surface area (Å²) in [5.74, 6) is 0.697. The van der Waals surface area contributed by atoms with Crippen LogP contribution in [0.2, 0.25) is 0 Å². The third-order valence-corrected chi connectivity index (χ3v) is 4.59. The van der Waals surface area contributed by atoms with Gasteiger partial charge in [-0.25, -0.2) is 0 Å². The van der Waals surface area contributed by atoms with Crippen LogP contribution in [0.3, 0.4) is 0 Å². The predicted octanol–water partition coefficient (Wildman–Crippen LogP) is 4.81. The number of rotatable bonds is 3. The molecule has 1 heteroatoms. The maximum absolute atomic E-state index is 6.88. The molecule has 1 aromatic carbocycles. The van der Waals surface area contributed by atoms with E-state index in [1.54, 1.807) is 0 Å². The van der Waals surface area contributed by atoms with E-state index in [9.17, 15) is 0 Å². The van der Waals surface area contributed by atoms with Crippen molar-refractivity contribution in [2.45, 2.75) is 50.3 Å². The molecule has 0 spiro atoms. The monoisotopic (exact) mass is 236 g/mol. The Morgan fingerprint density at radius 3 is 2.69 bits per heavy atom. The first-order valence-electron chi connectivity index (χ1n) is 6.47. The molecule has 1 aliphatic carbocycles. The lowest BCUT2D eigenvalue weighted by atomic mass is 9.74. The third-order valence-electron chi connectivity index (χ3n) is 3.96. The highest BCUT2D eigenvalue weighted by molar-refractivity contribution is 6.24. The Morgan fingerprint density at radius 1 is 1.25 bits per heavy atom. The highest BCUT2D eigenvalue weighted by Crippen LogP contribution is 2.43. The van der Waals surface area contributed by atoms with Gasteiger partial charge >= 0.3 is 0 Å². The summed E-state index contributed by atoms with van der Waals surface area (Å²) >= 11 is 6.88. The van der Waals surface area contributed by atoms with Gasteiger partial charge in [0.2, 0.25) is 0 Å². The van der Waals surface area contributed by atoms with Crippen LogP contribution in [0.15, 0.2) is 30.3 Å². The fourth-order valence-electron chi connectivity index (χ4n) is 3.01. The van der Waals surface area contributed by atoms with E-state index in [2.05, 4.69) is 37.3 Å². The molecule has 88 valence electrons. The van der Waals surface area contributed by atoms with Gasteiger partial charge in [0.25, 0.3) is 0 Å². The molecule has 0 amide bonds. The van der Waals surface area contributed by atoms with Gasteiger partial charge in [0.1, 0.15) is 0 Å². The summed E-state index contributed by atoms with van der Waals surface area (Å²) in [7, 11) is 0. The van der Waals surface area contributed by atoms with E-state index < -0.39 is 0 Å². The van der Waals surface area contributed by atoms with E-state index in [4.69, 9.17) is 11.6 Å². The van der Waals surface area contributed by atoms with Crippen LogP contribution in [0.4, 0.5) is 0 Å². The second kappa shape index (κ2) is 5.23. The molecule has 0 saturated heterocycles. The molecule has 0 N–H and O–H groups in total. The van der Waals surface area contributed by atoms with Crippen LogP contribution in [-0.4, -0.2) is 4.87 Å². The van der Waals surface area contributed by atoms with Crippen molar-refractivity contribution in [1.82, 2.24) is 0 Å². The quantitative estimate of drug-likeness (QED) is 0.661. The molecule has 0 heterocycles. The summed E-state index contributed by atoms with van der Waals surface area (Å²) in [6.07, 6.45) is 7.41. The zero-order valence-electron chi connectivity index (χ0n) is 10.1. The molecule has 0 bridgehead atoms. The van der Waals surface area contributed by atoms with Crippen molar-refractivity contribution in [3.8, 4) is 0 Å². The summed E-state index contributed by atoms with van der Waals surface area (Å²) in [5.41, 5.74) is 1.39. The Labute approximate surface area is 104 Å². The minimum absolute atomic E-state index is 0.0222. The Bertz CT molecular complexity index is 319. The first-order chi connectivity index (χ1) is 7.74. The second-order valence-corrected chi connectivity index (χ2v) is 5.80. The highest BCUT2D eigenvalue weighted by Gasteiger charge is 2.37. The fraction of sp³-hybridized carbons (Fsp3) is 0.600. The molecule has 2 rings (SSSR count). The summed E-state index contributed by atoms with van der Waals surface area (Å²) < 4.78 is 0. The van der Waals surface area contributed by atoms with Gasteiger partial charge in [-0.05, 0) is 30.7 Å². The smallest absolute Gasteiger partial charge is 0.0515 e. The molecular formula is C15H21Cl. The van der Waals surface area contributed by atoms with E-state index >= 15 is 0 Å². The number of benzene rings is 1. The molecule has 1 fully saturated rings. The lowest BCUT2D eigenvalue weighted by Gasteiger charge is -2.39.